The number of nitro benzene ring substituents is 1. The van der Waals surface area contributed by atoms with Crippen molar-refractivity contribution in [3.8, 4) is 5.69 Å². The van der Waals surface area contributed by atoms with Crippen molar-refractivity contribution in [3.05, 3.63) is 110 Å². The lowest BCUT2D eigenvalue weighted by Crippen LogP contribution is -2.16. The van der Waals surface area contributed by atoms with Gasteiger partial charge in [0.25, 0.3) is 15.7 Å². The van der Waals surface area contributed by atoms with Gasteiger partial charge in [-0.15, -0.1) is 0 Å². The Morgan fingerprint density at radius 3 is 2.29 bits per heavy atom. The highest BCUT2D eigenvalue weighted by molar-refractivity contribution is 7.92. The number of sulfonamides is 1. The number of benzene rings is 3. The lowest BCUT2D eigenvalue weighted by Gasteiger charge is -2.14. The maximum atomic E-state index is 13.3. The van der Waals surface area contributed by atoms with Crippen LogP contribution in [-0.4, -0.2) is 24.1 Å². The first-order valence-electron chi connectivity index (χ1n) is 11.6. The van der Waals surface area contributed by atoms with E-state index in [9.17, 15) is 18.5 Å². The molecule has 0 aliphatic carbocycles. The zero-order valence-electron chi connectivity index (χ0n) is 21.2. The van der Waals surface area contributed by atoms with Crippen LogP contribution in [0.3, 0.4) is 0 Å². The fourth-order valence-electron chi connectivity index (χ4n) is 4.14. The van der Waals surface area contributed by atoms with Gasteiger partial charge in [-0.05, 0) is 75.7 Å². The van der Waals surface area contributed by atoms with E-state index in [0.717, 1.165) is 39.8 Å². The van der Waals surface area contributed by atoms with Crippen molar-refractivity contribution in [2.24, 2.45) is 5.10 Å². The third-order valence-corrected chi connectivity index (χ3v) is 7.69. The number of anilines is 2. The predicted molar refractivity (Wildman–Crippen MR) is 151 cm³/mol. The molecule has 4 rings (SSSR count). The van der Waals surface area contributed by atoms with Crippen LogP contribution in [0.4, 0.5) is 17.1 Å². The van der Waals surface area contributed by atoms with Crippen molar-refractivity contribution in [2.45, 2.75) is 32.6 Å². The minimum atomic E-state index is -4.19. The minimum absolute atomic E-state index is 0.0932. The molecule has 11 heteroatoms. The molecule has 0 amide bonds. The van der Waals surface area contributed by atoms with Gasteiger partial charge in [0, 0.05) is 39.8 Å². The van der Waals surface area contributed by atoms with Gasteiger partial charge in [-0.25, -0.2) is 8.42 Å². The second-order valence-electron chi connectivity index (χ2n) is 8.87. The summed E-state index contributed by atoms with van der Waals surface area (Å²) in [5, 5.41) is 16.3. The van der Waals surface area contributed by atoms with Crippen LogP contribution in [0.25, 0.3) is 5.69 Å². The van der Waals surface area contributed by atoms with Gasteiger partial charge in [0.05, 0.1) is 22.5 Å². The molecule has 9 nitrogen and oxygen atoms in total. The Morgan fingerprint density at radius 1 is 0.947 bits per heavy atom. The lowest BCUT2D eigenvalue weighted by atomic mass is 10.1. The molecule has 38 heavy (non-hydrogen) atoms. The van der Waals surface area contributed by atoms with Gasteiger partial charge in [-0.3, -0.25) is 20.3 Å². The molecule has 1 heterocycles. The van der Waals surface area contributed by atoms with E-state index < -0.39 is 14.9 Å². The summed E-state index contributed by atoms with van der Waals surface area (Å²) >= 11 is 6.02. The van der Waals surface area contributed by atoms with E-state index in [1.54, 1.807) is 25.3 Å². The summed E-state index contributed by atoms with van der Waals surface area (Å²) in [6, 6.07) is 18.2. The summed E-state index contributed by atoms with van der Waals surface area (Å²) in [5.41, 5.74) is 8.22. The second-order valence-corrected chi connectivity index (χ2v) is 11.0. The van der Waals surface area contributed by atoms with E-state index in [1.165, 1.54) is 12.1 Å². The molecule has 0 aliphatic heterocycles. The third kappa shape index (κ3) is 5.71. The zero-order chi connectivity index (χ0) is 27.6. The quantitative estimate of drug-likeness (QED) is 0.147. The van der Waals surface area contributed by atoms with Gasteiger partial charge in [-0.2, -0.15) is 5.10 Å². The number of hydrogen-bond acceptors (Lipinski definition) is 6. The Labute approximate surface area is 226 Å². The highest BCUT2D eigenvalue weighted by atomic mass is 35.5. The van der Waals surface area contributed by atoms with Crippen LogP contribution in [-0.2, 0) is 10.0 Å². The lowest BCUT2D eigenvalue weighted by molar-refractivity contribution is -0.385. The summed E-state index contributed by atoms with van der Waals surface area (Å²) in [5.74, 6) is 0. The SMILES string of the molecule is Cc1ccc(NS(=O)(=O)c2cc([N+](=O)[O-])ccc2N/N=C\c2cc(C)n(-c3ccc(Cl)cc3)c2C)c(C)c1. The summed E-state index contributed by atoms with van der Waals surface area (Å²) in [7, 11) is -4.19. The first-order chi connectivity index (χ1) is 18.0. The van der Waals surface area contributed by atoms with E-state index >= 15 is 0 Å². The number of nitro groups is 1. The summed E-state index contributed by atoms with van der Waals surface area (Å²) in [6.07, 6.45) is 1.57. The normalized spacial score (nSPS) is 11.6. The highest BCUT2D eigenvalue weighted by Crippen LogP contribution is 2.29. The molecular formula is C27H26ClN5O4S. The highest BCUT2D eigenvalue weighted by Gasteiger charge is 2.23. The van der Waals surface area contributed by atoms with Crippen molar-refractivity contribution in [1.29, 1.82) is 0 Å². The van der Waals surface area contributed by atoms with E-state index in [0.29, 0.717) is 10.7 Å². The molecule has 0 saturated heterocycles. The first kappa shape index (κ1) is 26.9. The van der Waals surface area contributed by atoms with Gasteiger partial charge in [0.1, 0.15) is 4.90 Å². The molecule has 2 N–H and O–H groups in total. The average molecular weight is 552 g/mol. The molecule has 3 aromatic carbocycles. The Morgan fingerprint density at radius 2 is 1.63 bits per heavy atom. The Hall–Kier alpha value is -4.15. The number of nitrogens with zero attached hydrogens (tertiary/aromatic N) is 3. The van der Waals surface area contributed by atoms with Crippen LogP contribution in [0, 0.1) is 37.8 Å². The van der Waals surface area contributed by atoms with E-state index in [2.05, 4.69) is 15.2 Å². The molecular weight excluding hydrogens is 526 g/mol. The summed E-state index contributed by atoms with van der Waals surface area (Å²) < 4.78 is 31.2. The largest absolute Gasteiger partial charge is 0.318 e. The fraction of sp³-hybridized carbons (Fsp3) is 0.148. The molecule has 0 bridgehead atoms. The third-order valence-electron chi connectivity index (χ3n) is 6.04. The molecule has 0 fully saturated rings. The molecule has 0 radical (unpaired) electrons. The standard InChI is InChI=1S/C27H26ClN5O4S/c1-17-5-11-25(18(2)13-17)31-38(36,37)27-15-24(33(34)35)10-12-26(27)30-29-16-21-14-19(3)32(20(21)4)23-8-6-22(28)7-9-23/h5-16,30-31H,1-4H3/b29-16-. The van der Waals surface area contributed by atoms with Gasteiger partial charge < -0.3 is 4.57 Å². The number of rotatable bonds is 8. The van der Waals surface area contributed by atoms with E-state index in [1.807, 2.05) is 61.7 Å². The molecule has 196 valence electrons. The van der Waals surface area contributed by atoms with Crippen LogP contribution in [0.1, 0.15) is 28.1 Å². The average Bonchev–Trinajstić information content (AvgIpc) is 3.14. The Kier molecular flexibility index (Phi) is 7.56. The predicted octanol–water partition coefficient (Wildman–Crippen LogP) is 6.52. The topological polar surface area (TPSA) is 119 Å². The maximum absolute atomic E-state index is 13.3. The van der Waals surface area contributed by atoms with Crippen LogP contribution in [0.5, 0.6) is 0 Å². The monoisotopic (exact) mass is 551 g/mol. The van der Waals surface area contributed by atoms with Gasteiger partial charge >= 0.3 is 0 Å². The van der Waals surface area contributed by atoms with E-state index in [-0.39, 0.29) is 16.3 Å². The van der Waals surface area contributed by atoms with Crippen molar-refractivity contribution in [3.63, 3.8) is 0 Å². The van der Waals surface area contributed by atoms with Crippen LogP contribution in [0.15, 0.2) is 76.7 Å². The number of halogens is 1. The molecule has 0 unspecified atom stereocenters. The number of aromatic nitrogens is 1. The molecule has 4 aromatic rings. The fourth-order valence-corrected chi connectivity index (χ4v) is 5.58. The van der Waals surface area contributed by atoms with Crippen molar-refractivity contribution in [2.75, 3.05) is 10.1 Å². The Bertz CT molecular complexity index is 1660. The summed E-state index contributed by atoms with van der Waals surface area (Å²) in [6.45, 7) is 7.59. The van der Waals surface area contributed by atoms with Crippen molar-refractivity contribution < 1.29 is 13.3 Å². The number of aryl methyl sites for hydroxylation is 3. The van der Waals surface area contributed by atoms with Crippen molar-refractivity contribution >= 4 is 44.9 Å². The van der Waals surface area contributed by atoms with E-state index in [4.69, 9.17) is 11.6 Å². The van der Waals surface area contributed by atoms with Gasteiger partial charge in [-0.1, -0.05) is 29.3 Å². The van der Waals surface area contributed by atoms with Crippen LogP contribution < -0.4 is 10.1 Å². The smallest absolute Gasteiger partial charge is 0.270 e. The molecule has 0 saturated carbocycles. The van der Waals surface area contributed by atoms with Crippen molar-refractivity contribution in [1.82, 2.24) is 4.57 Å². The molecule has 0 atom stereocenters. The molecule has 0 spiro atoms. The minimum Gasteiger partial charge on any atom is -0.318 e. The van der Waals surface area contributed by atoms with Crippen LogP contribution in [0.2, 0.25) is 5.02 Å². The molecule has 1 aromatic heterocycles. The summed E-state index contributed by atoms with van der Waals surface area (Å²) in [4.78, 5) is 10.4. The first-order valence-corrected chi connectivity index (χ1v) is 13.4. The van der Waals surface area contributed by atoms with Crippen LogP contribution >= 0.6 is 11.6 Å². The molecule has 0 aliphatic rings. The van der Waals surface area contributed by atoms with Gasteiger partial charge in [0.15, 0.2) is 0 Å². The number of hydrazone groups is 1. The number of non-ortho nitro benzene ring substituents is 1. The zero-order valence-corrected chi connectivity index (χ0v) is 22.8. The second kappa shape index (κ2) is 10.7. The maximum Gasteiger partial charge on any atom is 0.270 e. The number of nitrogens with one attached hydrogen (secondary N) is 2. The number of hydrogen-bond donors (Lipinski definition) is 2. The van der Waals surface area contributed by atoms with Gasteiger partial charge in [0.2, 0.25) is 0 Å². The Balaban J connectivity index is 1.65.